The maximum atomic E-state index is 13.9. The molecule has 1 fully saturated rings. The predicted molar refractivity (Wildman–Crippen MR) is 176 cm³/mol. The Labute approximate surface area is 255 Å². The lowest BCUT2D eigenvalue weighted by molar-refractivity contribution is 0.588. The average Bonchev–Trinajstić information content (AvgIpc) is 3.03. The highest BCUT2D eigenvalue weighted by atomic mass is 32.2. The molecule has 216 valence electrons. The number of nitrogens with one attached hydrogen (secondary N) is 2. The molecule has 0 radical (unpaired) electrons. The molecule has 0 bridgehead atoms. The molecule has 9 heteroatoms. The summed E-state index contributed by atoms with van der Waals surface area (Å²) in [6.45, 7) is 8.46. The van der Waals surface area contributed by atoms with Gasteiger partial charge in [-0.1, -0.05) is 29.5 Å². The highest BCUT2D eigenvalue weighted by molar-refractivity contribution is 7.98. The van der Waals surface area contributed by atoms with Gasteiger partial charge in [0.05, 0.1) is 12.1 Å². The first-order valence-electron chi connectivity index (χ1n) is 14.3. The quantitative estimate of drug-likeness (QED) is 0.209. The summed E-state index contributed by atoms with van der Waals surface area (Å²) in [5.41, 5.74) is 7.06. The van der Waals surface area contributed by atoms with Crippen molar-refractivity contribution in [2.24, 2.45) is 0 Å². The molecule has 2 N–H and O–H groups in total. The number of aromatic nitrogens is 4. The molecule has 1 aliphatic rings. The normalized spacial score (nSPS) is 13.0. The molecule has 1 saturated heterocycles. The van der Waals surface area contributed by atoms with Crippen LogP contribution in [0, 0.1) is 25.7 Å². The van der Waals surface area contributed by atoms with E-state index in [1.807, 2.05) is 49.7 Å². The van der Waals surface area contributed by atoms with Crippen LogP contribution in [0.2, 0.25) is 0 Å². The summed E-state index contributed by atoms with van der Waals surface area (Å²) in [6, 6.07) is 18.0. The predicted octanol–water partition coefficient (Wildman–Crippen LogP) is 5.13. The van der Waals surface area contributed by atoms with E-state index in [-0.39, 0.29) is 5.56 Å². The topological polar surface area (TPSA) is 88.0 Å². The van der Waals surface area contributed by atoms with Gasteiger partial charge >= 0.3 is 0 Å². The van der Waals surface area contributed by atoms with Gasteiger partial charge in [0.15, 0.2) is 0 Å². The molecule has 4 heterocycles. The molecule has 0 spiro atoms. The third kappa shape index (κ3) is 6.41. The Kier molecular flexibility index (Phi) is 8.40. The SMILES string of the molecule is CSc1cnccc1Cn1c(=O)c(C#Cc2ccc(C)cc2)cc2cnc(Nc3ccc(N4CCNCC4)c(C)c3)nc21. The van der Waals surface area contributed by atoms with Gasteiger partial charge in [0.1, 0.15) is 5.65 Å². The average molecular weight is 588 g/mol. The molecule has 2 aromatic carbocycles. The number of rotatable bonds is 6. The van der Waals surface area contributed by atoms with Crippen molar-refractivity contribution in [3.8, 4) is 11.8 Å². The number of pyridine rings is 2. The summed E-state index contributed by atoms with van der Waals surface area (Å²) in [6.07, 6.45) is 7.33. The van der Waals surface area contributed by atoms with Crippen LogP contribution in [0.1, 0.15) is 27.8 Å². The van der Waals surface area contributed by atoms with Gasteiger partial charge in [-0.05, 0) is 73.7 Å². The zero-order valence-electron chi connectivity index (χ0n) is 24.5. The summed E-state index contributed by atoms with van der Waals surface area (Å²) in [5.74, 6) is 6.68. The van der Waals surface area contributed by atoms with E-state index < -0.39 is 0 Å². The second-order valence-electron chi connectivity index (χ2n) is 10.6. The van der Waals surface area contributed by atoms with Crippen LogP contribution in [0.4, 0.5) is 17.3 Å². The molecule has 0 aliphatic carbocycles. The van der Waals surface area contributed by atoms with Gasteiger partial charge < -0.3 is 15.5 Å². The van der Waals surface area contributed by atoms with Crippen LogP contribution in [-0.2, 0) is 6.54 Å². The van der Waals surface area contributed by atoms with Crippen molar-refractivity contribution in [3.63, 3.8) is 0 Å². The van der Waals surface area contributed by atoms with Crippen LogP contribution in [0.25, 0.3) is 11.0 Å². The smallest absolute Gasteiger partial charge is 0.268 e. The van der Waals surface area contributed by atoms with E-state index >= 15 is 0 Å². The lowest BCUT2D eigenvalue weighted by Gasteiger charge is -2.30. The van der Waals surface area contributed by atoms with E-state index in [9.17, 15) is 4.79 Å². The number of hydrogen-bond donors (Lipinski definition) is 2. The van der Waals surface area contributed by atoms with Crippen molar-refractivity contribution in [2.75, 3.05) is 42.7 Å². The first-order chi connectivity index (χ1) is 21.0. The second kappa shape index (κ2) is 12.7. The van der Waals surface area contributed by atoms with Gasteiger partial charge in [0, 0.05) is 72.0 Å². The van der Waals surface area contributed by atoms with Crippen molar-refractivity contribution < 1.29 is 0 Å². The van der Waals surface area contributed by atoms with E-state index in [4.69, 9.17) is 4.98 Å². The molecule has 0 atom stereocenters. The first kappa shape index (κ1) is 28.5. The molecule has 6 rings (SSSR count). The van der Waals surface area contributed by atoms with Crippen LogP contribution < -0.4 is 21.1 Å². The minimum atomic E-state index is -0.197. The Morgan fingerprint density at radius 3 is 2.58 bits per heavy atom. The van der Waals surface area contributed by atoms with Crippen LogP contribution in [0.15, 0.2) is 82.9 Å². The molecule has 0 amide bonds. The van der Waals surface area contributed by atoms with E-state index in [2.05, 4.69) is 62.5 Å². The third-order valence-electron chi connectivity index (χ3n) is 7.55. The third-order valence-corrected chi connectivity index (χ3v) is 8.36. The zero-order chi connectivity index (χ0) is 29.8. The minimum Gasteiger partial charge on any atom is -0.369 e. The van der Waals surface area contributed by atoms with Gasteiger partial charge in [-0.3, -0.25) is 14.3 Å². The largest absolute Gasteiger partial charge is 0.369 e. The molecular formula is C34H33N7OS. The second-order valence-corrected chi connectivity index (χ2v) is 11.4. The minimum absolute atomic E-state index is 0.197. The Bertz CT molecular complexity index is 1900. The number of fused-ring (bicyclic) bond motifs is 1. The van der Waals surface area contributed by atoms with Gasteiger partial charge in [-0.15, -0.1) is 11.8 Å². The van der Waals surface area contributed by atoms with E-state index in [0.717, 1.165) is 58.8 Å². The monoisotopic (exact) mass is 587 g/mol. The van der Waals surface area contributed by atoms with Crippen molar-refractivity contribution in [3.05, 3.63) is 111 Å². The molecule has 0 unspecified atom stereocenters. The van der Waals surface area contributed by atoms with Gasteiger partial charge in [0.25, 0.3) is 5.56 Å². The number of thioether (sulfide) groups is 1. The standard InChI is InChI=1S/C34H33N7OS/c1-23-4-6-25(7-5-23)8-9-26-19-28-20-37-34(38-29-10-11-30(24(2)18-29)40-16-14-35-15-17-40)39-32(28)41(33(26)42)22-27-12-13-36-21-31(27)43-3/h4-7,10-13,18-21,35H,14-17,22H2,1-3H3,(H,37,38,39). The summed E-state index contributed by atoms with van der Waals surface area (Å²) < 4.78 is 1.69. The van der Waals surface area contributed by atoms with Gasteiger partial charge in [0.2, 0.25) is 5.95 Å². The molecular weight excluding hydrogens is 554 g/mol. The fraction of sp³-hybridized carbons (Fsp3) is 0.235. The Morgan fingerprint density at radius 1 is 1.00 bits per heavy atom. The maximum absolute atomic E-state index is 13.9. The highest BCUT2D eigenvalue weighted by Gasteiger charge is 2.15. The summed E-state index contributed by atoms with van der Waals surface area (Å²) in [7, 11) is 0. The van der Waals surface area contributed by atoms with Crippen LogP contribution in [-0.4, -0.2) is 52.0 Å². The van der Waals surface area contributed by atoms with Crippen molar-refractivity contribution in [1.82, 2.24) is 24.8 Å². The Hall–Kier alpha value is -4.65. The van der Waals surface area contributed by atoms with Crippen molar-refractivity contribution in [1.29, 1.82) is 0 Å². The lowest BCUT2D eigenvalue weighted by atomic mass is 10.1. The fourth-order valence-corrected chi connectivity index (χ4v) is 5.81. The van der Waals surface area contributed by atoms with Crippen LogP contribution in [0.5, 0.6) is 0 Å². The zero-order valence-corrected chi connectivity index (χ0v) is 25.3. The Balaban J connectivity index is 1.38. The number of piperazine rings is 1. The van der Waals surface area contributed by atoms with Crippen molar-refractivity contribution in [2.45, 2.75) is 25.3 Å². The van der Waals surface area contributed by atoms with E-state index in [0.29, 0.717) is 23.7 Å². The molecule has 8 nitrogen and oxygen atoms in total. The van der Waals surface area contributed by atoms with E-state index in [1.165, 1.54) is 11.3 Å². The number of anilines is 3. The number of nitrogens with zero attached hydrogens (tertiary/aromatic N) is 5. The summed E-state index contributed by atoms with van der Waals surface area (Å²) in [5, 5.41) is 7.50. The molecule has 0 saturated carbocycles. The molecule has 1 aliphatic heterocycles. The van der Waals surface area contributed by atoms with E-state index in [1.54, 1.807) is 34.8 Å². The molecule has 5 aromatic rings. The molecule has 3 aromatic heterocycles. The Morgan fingerprint density at radius 2 is 1.81 bits per heavy atom. The number of hydrogen-bond acceptors (Lipinski definition) is 8. The fourth-order valence-electron chi connectivity index (χ4n) is 5.25. The first-order valence-corrected chi connectivity index (χ1v) is 15.5. The summed E-state index contributed by atoms with van der Waals surface area (Å²) in [4.78, 5) is 31.0. The number of benzene rings is 2. The van der Waals surface area contributed by atoms with Gasteiger partial charge in [-0.25, -0.2) is 4.98 Å². The molecule has 43 heavy (non-hydrogen) atoms. The van der Waals surface area contributed by atoms with Crippen LogP contribution in [0.3, 0.4) is 0 Å². The maximum Gasteiger partial charge on any atom is 0.268 e. The highest BCUT2D eigenvalue weighted by Crippen LogP contribution is 2.26. The van der Waals surface area contributed by atoms with Crippen LogP contribution >= 0.6 is 11.8 Å². The summed E-state index contributed by atoms with van der Waals surface area (Å²) >= 11 is 1.60. The lowest BCUT2D eigenvalue weighted by Crippen LogP contribution is -2.43. The van der Waals surface area contributed by atoms with Crippen molar-refractivity contribution >= 4 is 40.1 Å². The van der Waals surface area contributed by atoms with Gasteiger partial charge in [-0.2, -0.15) is 4.98 Å². The number of aryl methyl sites for hydroxylation is 2.